The van der Waals surface area contributed by atoms with Crippen LogP contribution >= 0.6 is 0 Å². The summed E-state index contributed by atoms with van der Waals surface area (Å²) in [5.41, 5.74) is 0.532. The smallest absolute Gasteiger partial charge is 0.377 e. The van der Waals surface area contributed by atoms with E-state index in [1.54, 1.807) is 14.2 Å². The maximum absolute atomic E-state index is 13.5. The lowest BCUT2D eigenvalue weighted by Gasteiger charge is -2.25. The number of hydrogen-bond acceptors (Lipinski definition) is 3. The van der Waals surface area contributed by atoms with Crippen molar-refractivity contribution in [3.05, 3.63) is 35.4 Å². The Balaban J connectivity index is 2.43. The zero-order chi connectivity index (χ0) is 15.0. The van der Waals surface area contributed by atoms with E-state index in [9.17, 15) is 8.78 Å². The summed E-state index contributed by atoms with van der Waals surface area (Å²) in [5.74, 6) is -1.04. The van der Waals surface area contributed by atoms with Crippen LogP contribution in [0.4, 0.5) is 8.78 Å². The average Bonchev–Trinajstić information content (AvgIpc) is 2.44. The van der Waals surface area contributed by atoms with E-state index >= 15 is 0 Å². The van der Waals surface area contributed by atoms with Crippen LogP contribution in [-0.2, 0) is 19.7 Å². The van der Waals surface area contributed by atoms with Gasteiger partial charge in [0.2, 0.25) is 0 Å². The molecule has 0 spiro atoms. The maximum Gasteiger partial charge on any atom is 0.500 e. The lowest BCUT2D eigenvalue weighted by atomic mass is 10.1. The normalized spacial score (nSPS) is 11.8. The van der Waals surface area contributed by atoms with E-state index in [0.717, 1.165) is 18.9 Å². The second kappa shape index (κ2) is 8.46. The van der Waals surface area contributed by atoms with Crippen LogP contribution in [0.25, 0.3) is 0 Å². The maximum atomic E-state index is 13.5. The summed E-state index contributed by atoms with van der Waals surface area (Å²) < 4.78 is 42.6. The van der Waals surface area contributed by atoms with Crippen LogP contribution in [-0.4, -0.2) is 29.6 Å². The second-order valence-electron chi connectivity index (χ2n) is 4.47. The van der Waals surface area contributed by atoms with Crippen molar-refractivity contribution >= 4 is 8.80 Å². The summed E-state index contributed by atoms with van der Waals surface area (Å²) in [7, 11) is 0.619. The van der Waals surface area contributed by atoms with Gasteiger partial charge in [0.05, 0.1) is 0 Å². The monoisotopic (exact) mass is 304 g/mol. The van der Waals surface area contributed by atoms with Crippen LogP contribution in [0.5, 0.6) is 0 Å². The van der Waals surface area contributed by atoms with Crippen molar-refractivity contribution in [2.24, 2.45) is 0 Å². The molecule has 1 rings (SSSR count). The molecule has 0 aliphatic heterocycles. The van der Waals surface area contributed by atoms with Crippen molar-refractivity contribution < 1.29 is 22.1 Å². The molecule has 0 aliphatic rings. The van der Waals surface area contributed by atoms with Gasteiger partial charge in [0.25, 0.3) is 0 Å². The molecule has 3 nitrogen and oxygen atoms in total. The highest BCUT2D eigenvalue weighted by Gasteiger charge is 2.37. The molecule has 1 aromatic carbocycles. The zero-order valence-corrected chi connectivity index (χ0v) is 13.2. The van der Waals surface area contributed by atoms with Gasteiger partial charge in [-0.3, -0.25) is 0 Å². The molecule has 0 N–H and O–H groups in total. The Morgan fingerprint density at radius 1 is 1.10 bits per heavy atom. The zero-order valence-electron chi connectivity index (χ0n) is 12.2. The molecule has 0 amide bonds. The van der Waals surface area contributed by atoms with E-state index in [1.807, 2.05) is 6.92 Å². The summed E-state index contributed by atoms with van der Waals surface area (Å²) >= 11 is 0. The molecule has 20 heavy (non-hydrogen) atoms. The fraction of sp³-hybridized carbons (Fsp3) is 0.571. The Hall–Kier alpha value is -0.823. The largest absolute Gasteiger partial charge is 0.500 e. The van der Waals surface area contributed by atoms with Crippen molar-refractivity contribution in [2.45, 2.75) is 32.2 Å². The van der Waals surface area contributed by atoms with Crippen molar-refractivity contribution in [3.8, 4) is 0 Å². The molecule has 0 heterocycles. The van der Waals surface area contributed by atoms with E-state index in [-0.39, 0.29) is 0 Å². The predicted molar refractivity (Wildman–Crippen MR) is 75.5 cm³/mol. The Bertz CT molecular complexity index is 411. The quantitative estimate of drug-likeness (QED) is 0.516. The van der Waals surface area contributed by atoms with Crippen LogP contribution in [0.15, 0.2) is 18.2 Å². The molecular weight excluding hydrogens is 282 g/mol. The highest BCUT2D eigenvalue weighted by molar-refractivity contribution is 6.60. The first-order chi connectivity index (χ1) is 9.56. The third kappa shape index (κ3) is 4.94. The standard InChI is InChI=1S/C14H22F2O3Si/c1-4-19-20(17-2,18-3)10-6-5-7-12-8-9-13(15)11-14(12)16/h8-9,11H,4-7,10H2,1-3H3. The fourth-order valence-corrected chi connectivity index (χ4v) is 4.16. The van der Waals surface area contributed by atoms with E-state index in [4.69, 9.17) is 13.3 Å². The molecule has 0 atom stereocenters. The summed E-state index contributed by atoms with van der Waals surface area (Å²) in [6.07, 6.45) is 2.15. The molecule has 0 saturated heterocycles. The van der Waals surface area contributed by atoms with Crippen molar-refractivity contribution in [3.63, 3.8) is 0 Å². The van der Waals surface area contributed by atoms with Crippen molar-refractivity contribution in [1.82, 2.24) is 0 Å². The molecule has 0 radical (unpaired) electrons. The van der Waals surface area contributed by atoms with Gasteiger partial charge in [-0.25, -0.2) is 8.78 Å². The van der Waals surface area contributed by atoms with E-state index < -0.39 is 20.4 Å². The topological polar surface area (TPSA) is 27.7 Å². The van der Waals surface area contributed by atoms with Crippen molar-refractivity contribution in [1.29, 1.82) is 0 Å². The first-order valence-electron chi connectivity index (χ1n) is 6.75. The van der Waals surface area contributed by atoms with Gasteiger partial charge < -0.3 is 13.3 Å². The molecule has 0 bridgehead atoms. The SMILES string of the molecule is CCO[Si](CCCCc1ccc(F)cc1F)(OC)OC. The minimum absolute atomic E-state index is 0.489. The molecule has 0 fully saturated rings. The highest BCUT2D eigenvalue weighted by Crippen LogP contribution is 2.19. The minimum Gasteiger partial charge on any atom is -0.377 e. The summed E-state index contributed by atoms with van der Waals surface area (Å²) in [6, 6.07) is 4.38. The predicted octanol–water partition coefficient (Wildman–Crippen LogP) is 3.56. The first-order valence-corrected chi connectivity index (χ1v) is 8.68. The van der Waals surface area contributed by atoms with Gasteiger partial charge in [0, 0.05) is 32.9 Å². The molecule has 6 heteroatoms. The fourth-order valence-electron chi connectivity index (χ4n) is 2.08. The van der Waals surface area contributed by atoms with E-state index in [1.165, 1.54) is 12.1 Å². The van der Waals surface area contributed by atoms with Crippen LogP contribution in [0, 0.1) is 11.6 Å². The summed E-state index contributed by atoms with van der Waals surface area (Å²) in [4.78, 5) is 0. The van der Waals surface area contributed by atoms with Gasteiger partial charge in [-0.05, 0) is 37.8 Å². The van der Waals surface area contributed by atoms with Gasteiger partial charge in [-0.1, -0.05) is 6.07 Å². The number of halogens is 2. The Morgan fingerprint density at radius 2 is 1.80 bits per heavy atom. The van der Waals surface area contributed by atoms with Gasteiger partial charge in [-0.15, -0.1) is 0 Å². The molecular formula is C14H22F2O3Si. The number of aryl methyl sites for hydroxylation is 1. The molecule has 0 saturated carbocycles. The Labute approximate surface area is 120 Å². The third-order valence-corrected chi connectivity index (χ3v) is 6.12. The van der Waals surface area contributed by atoms with Crippen LogP contribution in [0.1, 0.15) is 25.3 Å². The average molecular weight is 304 g/mol. The molecule has 0 unspecified atom stereocenters. The van der Waals surface area contributed by atoms with Gasteiger partial charge in [0.1, 0.15) is 11.6 Å². The molecule has 0 aromatic heterocycles. The van der Waals surface area contributed by atoms with Crippen LogP contribution in [0.3, 0.4) is 0 Å². The van der Waals surface area contributed by atoms with Gasteiger partial charge >= 0.3 is 8.80 Å². The number of rotatable bonds is 9. The van der Waals surface area contributed by atoms with Gasteiger partial charge in [-0.2, -0.15) is 0 Å². The molecule has 0 aliphatic carbocycles. The van der Waals surface area contributed by atoms with Crippen molar-refractivity contribution in [2.75, 3.05) is 20.8 Å². The van der Waals surface area contributed by atoms with E-state index in [0.29, 0.717) is 24.6 Å². The van der Waals surface area contributed by atoms with Gasteiger partial charge in [0.15, 0.2) is 0 Å². The lowest BCUT2D eigenvalue weighted by Crippen LogP contribution is -2.43. The second-order valence-corrected chi connectivity index (χ2v) is 7.44. The number of unbranched alkanes of at least 4 members (excludes halogenated alkanes) is 1. The lowest BCUT2D eigenvalue weighted by molar-refractivity contribution is 0.103. The molecule has 1 aromatic rings. The number of hydrogen-bond donors (Lipinski definition) is 0. The first kappa shape index (κ1) is 17.2. The van der Waals surface area contributed by atoms with E-state index in [2.05, 4.69) is 0 Å². The minimum atomic E-state index is -2.56. The molecule has 114 valence electrons. The van der Waals surface area contributed by atoms with Crippen LogP contribution in [0.2, 0.25) is 6.04 Å². The number of benzene rings is 1. The summed E-state index contributed by atoms with van der Waals surface area (Å²) in [6.45, 7) is 2.44. The Morgan fingerprint density at radius 3 is 2.35 bits per heavy atom. The van der Waals surface area contributed by atoms with Crippen LogP contribution < -0.4 is 0 Å². The Kier molecular flexibility index (Phi) is 7.29. The summed E-state index contributed by atoms with van der Waals surface area (Å²) in [5, 5.41) is 0. The third-order valence-electron chi connectivity index (χ3n) is 3.18. The highest BCUT2D eigenvalue weighted by atomic mass is 28.4.